The first-order chi connectivity index (χ1) is 22.9. The van der Waals surface area contributed by atoms with E-state index >= 15 is 4.39 Å². The molecule has 0 radical (unpaired) electrons. The first-order valence-corrected chi connectivity index (χ1v) is 17.3. The highest BCUT2D eigenvalue weighted by Crippen LogP contribution is 2.24. The fourth-order valence-electron chi connectivity index (χ4n) is 6.46. The maximum Gasteiger partial charge on any atom is 0.179 e. The van der Waals surface area contributed by atoms with Gasteiger partial charge in [0.05, 0.1) is 0 Å². The van der Waals surface area contributed by atoms with E-state index in [0.717, 1.165) is 54.1 Å². The van der Waals surface area contributed by atoms with Gasteiger partial charge < -0.3 is 0 Å². The van der Waals surface area contributed by atoms with Crippen LogP contribution in [0.4, 0.5) is 17.6 Å². The SMILES string of the molecule is Fc1cccc(-c2ccc([Si](c3ccc(-c4cccc(F)c4)cc3)(c3ccc(-c4cccc(F)c4)cc3)c3cccc(F)c3)cc2)c1. The van der Waals surface area contributed by atoms with Gasteiger partial charge in [-0.25, -0.2) is 17.6 Å². The largest absolute Gasteiger partial charge is 0.207 e. The van der Waals surface area contributed by atoms with Crippen LogP contribution >= 0.6 is 0 Å². The summed E-state index contributed by atoms with van der Waals surface area (Å²) in [6, 6.07) is 50.4. The molecule has 7 aromatic rings. The summed E-state index contributed by atoms with van der Waals surface area (Å²) in [4.78, 5) is 0. The van der Waals surface area contributed by atoms with Crippen LogP contribution in [0.15, 0.2) is 170 Å². The number of halogens is 4. The lowest BCUT2D eigenvalue weighted by molar-refractivity contribution is 0.628. The lowest BCUT2D eigenvalue weighted by Gasteiger charge is -2.35. The van der Waals surface area contributed by atoms with Crippen LogP contribution in [-0.4, -0.2) is 8.07 Å². The molecule has 0 fully saturated rings. The van der Waals surface area contributed by atoms with Crippen LogP contribution in [0.25, 0.3) is 33.4 Å². The van der Waals surface area contributed by atoms with E-state index in [1.165, 1.54) is 42.5 Å². The molecule has 0 saturated carbocycles. The molecule has 0 aliphatic carbocycles. The van der Waals surface area contributed by atoms with Gasteiger partial charge in [-0.3, -0.25) is 0 Å². The molecule has 0 unspecified atom stereocenters. The van der Waals surface area contributed by atoms with Crippen molar-refractivity contribution in [3.63, 3.8) is 0 Å². The highest BCUT2D eigenvalue weighted by Gasteiger charge is 2.41. The predicted octanol–water partition coefficient (Wildman–Crippen LogP) is 8.62. The number of hydrogen-bond donors (Lipinski definition) is 0. The molecule has 0 aliphatic heterocycles. The molecule has 0 bridgehead atoms. The van der Waals surface area contributed by atoms with E-state index in [1.54, 1.807) is 30.3 Å². The van der Waals surface area contributed by atoms with Gasteiger partial charge in [0, 0.05) is 0 Å². The zero-order valence-electron chi connectivity index (χ0n) is 25.2. The second kappa shape index (κ2) is 12.7. The molecule has 0 atom stereocenters. The molecule has 0 nitrogen and oxygen atoms in total. The Morgan fingerprint density at radius 2 is 0.553 bits per heavy atom. The van der Waals surface area contributed by atoms with Crippen molar-refractivity contribution in [2.75, 3.05) is 0 Å². The van der Waals surface area contributed by atoms with Gasteiger partial charge in [0.15, 0.2) is 8.07 Å². The first-order valence-electron chi connectivity index (χ1n) is 15.3. The maximum atomic E-state index is 15.1. The van der Waals surface area contributed by atoms with Crippen molar-refractivity contribution >= 4 is 28.8 Å². The molecule has 0 spiro atoms. The van der Waals surface area contributed by atoms with E-state index in [4.69, 9.17) is 0 Å². The number of benzene rings is 7. The van der Waals surface area contributed by atoms with Crippen molar-refractivity contribution in [1.82, 2.24) is 0 Å². The average Bonchev–Trinajstić information content (AvgIpc) is 3.10. The molecular formula is C42H28F4Si. The van der Waals surface area contributed by atoms with Crippen molar-refractivity contribution in [3.05, 3.63) is 193 Å². The Balaban J connectivity index is 1.45. The van der Waals surface area contributed by atoms with E-state index in [0.29, 0.717) is 0 Å². The molecule has 0 amide bonds. The monoisotopic (exact) mass is 636 g/mol. The van der Waals surface area contributed by atoms with Crippen molar-refractivity contribution in [1.29, 1.82) is 0 Å². The highest BCUT2D eigenvalue weighted by atomic mass is 28.3. The molecule has 228 valence electrons. The van der Waals surface area contributed by atoms with E-state index < -0.39 is 8.07 Å². The molecule has 0 N–H and O–H groups in total. The molecular weight excluding hydrogens is 609 g/mol. The van der Waals surface area contributed by atoms with Gasteiger partial charge in [-0.1, -0.05) is 121 Å². The molecule has 7 rings (SSSR count). The van der Waals surface area contributed by atoms with Crippen LogP contribution in [0.1, 0.15) is 0 Å². The Bertz CT molecular complexity index is 1960. The summed E-state index contributed by atoms with van der Waals surface area (Å²) in [5, 5.41) is 3.84. The summed E-state index contributed by atoms with van der Waals surface area (Å²) >= 11 is 0. The third-order valence-corrected chi connectivity index (χ3v) is 13.5. The molecule has 0 heterocycles. The van der Waals surface area contributed by atoms with Crippen LogP contribution < -0.4 is 20.7 Å². The van der Waals surface area contributed by atoms with Crippen LogP contribution in [0.2, 0.25) is 0 Å². The molecule has 0 aromatic heterocycles. The maximum absolute atomic E-state index is 15.1. The van der Waals surface area contributed by atoms with Gasteiger partial charge in [-0.2, -0.15) is 0 Å². The second-order valence-corrected chi connectivity index (χ2v) is 15.3. The van der Waals surface area contributed by atoms with Gasteiger partial charge in [-0.05, 0) is 103 Å². The zero-order valence-corrected chi connectivity index (χ0v) is 26.2. The minimum Gasteiger partial charge on any atom is -0.207 e. The van der Waals surface area contributed by atoms with Crippen LogP contribution in [-0.2, 0) is 0 Å². The topological polar surface area (TPSA) is 0 Å². The van der Waals surface area contributed by atoms with E-state index in [-0.39, 0.29) is 23.3 Å². The van der Waals surface area contributed by atoms with Gasteiger partial charge >= 0.3 is 0 Å². The predicted molar refractivity (Wildman–Crippen MR) is 186 cm³/mol. The van der Waals surface area contributed by atoms with Gasteiger partial charge in [0.25, 0.3) is 0 Å². The normalized spacial score (nSPS) is 11.4. The summed E-state index contributed by atoms with van der Waals surface area (Å²) in [5.41, 5.74) is 4.85. The van der Waals surface area contributed by atoms with Crippen molar-refractivity contribution in [3.8, 4) is 33.4 Å². The minimum atomic E-state index is -3.20. The van der Waals surface area contributed by atoms with E-state index in [2.05, 4.69) is 36.4 Å². The lowest BCUT2D eigenvalue weighted by Crippen LogP contribution is -2.74. The first kappa shape index (κ1) is 30.1. The molecule has 0 aliphatic rings. The highest BCUT2D eigenvalue weighted by molar-refractivity contribution is 7.19. The van der Waals surface area contributed by atoms with Gasteiger partial charge in [0.1, 0.15) is 23.3 Å². The van der Waals surface area contributed by atoms with Crippen LogP contribution in [0.5, 0.6) is 0 Å². The summed E-state index contributed by atoms with van der Waals surface area (Å²) in [6.07, 6.45) is 0. The fourth-order valence-corrected chi connectivity index (χ4v) is 11.2. The number of rotatable bonds is 7. The average molecular weight is 637 g/mol. The standard InChI is InChI=1S/C42H28F4Si/c43-35-8-1-5-32(25-35)29-13-19-39(20-14-29)47(42-12-4-11-38(46)28-42,40-21-15-30(16-22-40)33-6-2-9-36(44)26-33)41-23-17-31(18-24-41)34-7-3-10-37(45)27-34/h1-28H. The third kappa shape index (κ3) is 5.94. The Hall–Kier alpha value is -5.52. The minimum absolute atomic E-state index is 0.313. The smallest absolute Gasteiger partial charge is 0.179 e. The Morgan fingerprint density at radius 1 is 0.255 bits per heavy atom. The Labute approximate surface area is 272 Å². The summed E-state index contributed by atoms with van der Waals surface area (Å²) in [6.45, 7) is 0. The van der Waals surface area contributed by atoms with Crippen molar-refractivity contribution < 1.29 is 17.6 Å². The second-order valence-electron chi connectivity index (χ2n) is 11.5. The number of hydrogen-bond acceptors (Lipinski definition) is 0. The van der Waals surface area contributed by atoms with Gasteiger partial charge in [0.2, 0.25) is 0 Å². The molecule has 0 saturated heterocycles. The van der Waals surface area contributed by atoms with Crippen molar-refractivity contribution in [2.45, 2.75) is 0 Å². The Kier molecular flexibility index (Phi) is 8.15. The van der Waals surface area contributed by atoms with Crippen LogP contribution in [0, 0.1) is 23.3 Å². The molecule has 5 heteroatoms. The quantitative estimate of drug-likeness (QED) is 0.0934. The fraction of sp³-hybridized carbons (Fsp3) is 0. The van der Waals surface area contributed by atoms with Gasteiger partial charge in [-0.15, -0.1) is 0 Å². The Morgan fingerprint density at radius 3 is 0.851 bits per heavy atom. The zero-order chi connectivity index (χ0) is 32.4. The summed E-state index contributed by atoms with van der Waals surface area (Å²) in [5.74, 6) is -1.28. The molecule has 47 heavy (non-hydrogen) atoms. The summed E-state index contributed by atoms with van der Waals surface area (Å²) < 4.78 is 57.5. The summed E-state index contributed by atoms with van der Waals surface area (Å²) in [7, 11) is -3.20. The van der Waals surface area contributed by atoms with Crippen LogP contribution in [0.3, 0.4) is 0 Å². The molecule has 7 aromatic carbocycles. The van der Waals surface area contributed by atoms with E-state index in [9.17, 15) is 13.2 Å². The van der Waals surface area contributed by atoms with E-state index in [1.807, 2.05) is 60.7 Å². The van der Waals surface area contributed by atoms with Crippen molar-refractivity contribution in [2.24, 2.45) is 0 Å². The lowest BCUT2D eigenvalue weighted by atomic mass is 10.1. The third-order valence-electron chi connectivity index (χ3n) is 8.69.